The van der Waals surface area contributed by atoms with Crippen LogP contribution in [0.25, 0.3) is 0 Å². The van der Waals surface area contributed by atoms with Crippen LogP contribution in [0.5, 0.6) is 0 Å². The van der Waals surface area contributed by atoms with Crippen molar-refractivity contribution in [2.24, 2.45) is 11.8 Å². The summed E-state index contributed by atoms with van der Waals surface area (Å²) in [7, 11) is -9.90. The van der Waals surface area contributed by atoms with Gasteiger partial charge in [0.2, 0.25) is 0 Å². The van der Waals surface area contributed by atoms with E-state index in [0.29, 0.717) is 25.7 Å². The Labute approximate surface area is 568 Å². The molecule has 93 heavy (non-hydrogen) atoms. The van der Waals surface area contributed by atoms with Gasteiger partial charge in [-0.1, -0.05) is 330 Å². The van der Waals surface area contributed by atoms with Gasteiger partial charge in [-0.2, -0.15) is 0 Å². The quantitative estimate of drug-likeness (QED) is 0.0222. The number of aliphatic hydroxyl groups excluding tert-OH is 1. The molecule has 3 N–H and O–H groups in total. The predicted molar refractivity (Wildman–Crippen MR) is 377 cm³/mol. The van der Waals surface area contributed by atoms with E-state index in [2.05, 4.69) is 41.5 Å². The van der Waals surface area contributed by atoms with Crippen LogP contribution in [0.3, 0.4) is 0 Å². The summed E-state index contributed by atoms with van der Waals surface area (Å²) >= 11 is 0. The van der Waals surface area contributed by atoms with Crippen LogP contribution in [0.15, 0.2) is 0 Å². The van der Waals surface area contributed by atoms with E-state index < -0.39 is 97.5 Å². The van der Waals surface area contributed by atoms with Crippen LogP contribution in [0.2, 0.25) is 0 Å². The minimum atomic E-state index is -4.95. The van der Waals surface area contributed by atoms with Gasteiger partial charge in [0.15, 0.2) is 12.2 Å². The van der Waals surface area contributed by atoms with E-state index >= 15 is 0 Å². The zero-order valence-corrected chi connectivity index (χ0v) is 62.3. The smallest absolute Gasteiger partial charge is 0.462 e. The second-order valence-corrected chi connectivity index (χ2v) is 30.5. The fraction of sp³-hybridized carbons (Fsp3) is 0.946. The van der Waals surface area contributed by atoms with Crippen molar-refractivity contribution in [1.29, 1.82) is 0 Å². The molecule has 17 nitrogen and oxygen atoms in total. The van der Waals surface area contributed by atoms with Crippen molar-refractivity contribution in [3.63, 3.8) is 0 Å². The molecule has 0 aromatic heterocycles. The highest BCUT2D eigenvalue weighted by atomic mass is 31.2. The third kappa shape index (κ3) is 68.4. The Morgan fingerprint density at radius 3 is 0.731 bits per heavy atom. The second kappa shape index (κ2) is 66.0. The lowest BCUT2D eigenvalue weighted by Gasteiger charge is -2.21. The van der Waals surface area contributed by atoms with Crippen molar-refractivity contribution in [3.8, 4) is 0 Å². The van der Waals surface area contributed by atoms with Crippen LogP contribution in [-0.2, 0) is 65.4 Å². The topological polar surface area (TPSA) is 237 Å². The fourth-order valence-corrected chi connectivity index (χ4v) is 12.9. The lowest BCUT2D eigenvalue weighted by atomic mass is 10.0. The van der Waals surface area contributed by atoms with Gasteiger partial charge in [-0.25, -0.2) is 9.13 Å². The summed E-state index contributed by atoms with van der Waals surface area (Å²) in [5, 5.41) is 10.6. The van der Waals surface area contributed by atoms with Crippen LogP contribution in [-0.4, -0.2) is 96.7 Å². The standard InChI is InChI=1S/C74H144O17P2/c1-7-9-11-13-15-16-17-24-28-33-39-45-51-57-72(77)85-63-70(91-73(78)58-52-46-40-34-29-26-23-21-19-18-20-22-25-27-31-37-42-48-54-66(3)4)65-89-93(82,83)87-61-68(75)60-86-92(80,81)88-64-69(62-84-71(76)56-50-44-36-14-12-10-8-2)90-74(79)59-53-47-41-35-30-32-38-43-49-55-67(5)6/h66-70,75H,7-65H2,1-6H3,(H,80,81)(H,82,83)/t68-,69+,70+/m0/s1. The van der Waals surface area contributed by atoms with Crippen molar-refractivity contribution in [2.75, 3.05) is 39.6 Å². The highest BCUT2D eigenvalue weighted by Crippen LogP contribution is 2.45. The number of unbranched alkanes of at least 4 members (excludes halogenated alkanes) is 43. The van der Waals surface area contributed by atoms with E-state index in [0.717, 1.165) is 115 Å². The van der Waals surface area contributed by atoms with Crippen LogP contribution < -0.4 is 0 Å². The van der Waals surface area contributed by atoms with Gasteiger partial charge in [0.25, 0.3) is 0 Å². The Balaban J connectivity index is 5.16. The molecule has 0 bridgehead atoms. The number of phosphoric acid groups is 2. The molecule has 0 aliphatic carbocycles. The van der Waals surface area contributed by atoms with Crippen molar-refractivity contribution in [2.45, 2.75) is 400 Å². The Bertz CT molecular complexity index is 1800. The average molecular weight is 1370 g/mol. The molecule has 0 saturated heterocycles. The molecule has 19 heteroatoms. The monoisotopic (exact) mass is 1370 g/mol. The van der Waals surface area contributed by atoms with Gasteiger partial charge < -0.3 is 33.8 Å². The molecule has 2 unspecified atom stereocenters. The molecule has 0 amide bonds. The Kier molecular flexibility index (Phi) is 64.6. The van der Waals surface area contributed by atoms with Crippen LogP contribution in [0.1, 0.15) is 382 Å². The molecule has 0 aliphatic rings. The van der Waals surface area contributed by atoms with E-state index in [1.165, 1.54) is 186 Å². The molecule has 0 radical (unpaired) electrons. The molecule has 5 atom stereocenters. The number of carbonyl (C=O) groups is 4. The lowest BCUT2D eigenvalue weighted by molar-refractivity contribution is -0.161. The number of phosphoric ester groups is 2. The molecule has 0 aromatic rings. The zero-order chi connectivity index (χ0) is 68.6. The van der Waals surface area contributed by atoms with Gasteiger partial charge in [-0.05, 0) is 37.5 Å². The molecular formula is C74H144O17P2. The van der Waals surface area contributed by atoms with Crippen LogP contribution in [0.4, 0.5) is 0 Å². The highest BCUT2D eigenvalue weighted by molar-refractivity contribution is 7.47. The summed E-state index contributed by atoms with van der Waals surface area (Å²) in [5.41, 5.74) is 0. The maximum absolute atomic E-state index is 13.1. The summed E-state index contributed by atoms with van der Waals surface area (Å²) in [6.45, 7) is 9.55. The van der Waals surface area contributed by atoms with E-state index in [4.69, 9.17) is 37.0 Å². The maximum Gasteiger partial charge on any atom is 0.472 e. The number of rotatable bonds is 73. The summed E-state index contributed by atoms with van der Waals surface area (Å²) in [6, 6.07) is 0. The number of aliphatic hydroxyl groups is 1. The number of carbonyl (C=O) groups excluding carboxylic acids is 4. The number of esters is 4. The van der Waals surface area contributed by atoms with Gasteiger partial charge in [-0.3, -0.25) is 37.3 Å². The summed E-state index contributed by atoms with van der Waals surface area (Å²) in [4.78, 5) is 72.5. The van der Waals surface area contributed by atoms with Gasteiger partial charge >= 0.3 is 39.5 Å². The SMILES string of the molecule is CCCCCCCCCCCCCCCC(=O)OC[C@H](COP(=O)(O)OC[C@@H](O)COP(=O)(O)OC[C@@H](COC(=O)CCCCCCCCC)OC(=O)CCCCCCCCCCCC(C)C)OC(=O)CCCCCCCCCCCCCCCCCCCCC(C)C. The maximum atomic E-state index is 13.1. The van der Waals surface area contributed by atoms with Crippen molar-refractivity contribution >= 4 is 39.5 Å². The first-order valence-corrected chi connectivity index (χ1v) is 41.5. The first kappa shape index (κ1) is 91.1. The second-order valence-electron chi connectivity index (χ2n) is 27.6. The third-order valence-corrected chi connectivity index (χ3v) is 19.1. The Morgan fingerprint density at radius 2 is 0.495 bits per heavy atom. The van der Waals surface area contributed by atoms with Gasteiger partial charge in [-0.15, -0.1) is 0 Å². The number of hydrogen-bond acceptors (Lipinski definition) is 15. The first-order valence-electron chi connectivity index (χ1n) is 38.5. The fourth-order valence-electron chi connectivity index (χ4n) is 11.3. The van der Waals surface area contributed by atoms with Crippen LogP contribution >= 0.6 is 15.6 Å². The number of ether oxygens (including phenoxy) is 4. The van der Waals surface area contributed by atoms with E-state index in [9.17, 15) is 43.2 Å². The third-order valence-electron chi connectivity index (χ3n) is 17.2. The molecule has 0 saturated carbocycles. The average Bonchev–Trinajstić information content (AvgIpc) is 1.73. The molecule has 0 spiro atoms. The Morgan fingerprint density at radius 1 is 0.290 bits per heavy atom. The molecule has 0 fully saturated rings. The lowest BCUT2D eigenvalue weighted by Crippen LogP contribution is -2.30. The molecule has 0 rings (SSSR count). The molecule has 0 heterocycles. The predicted octanol–water partition coefficient (Wildman–Crippen LogP) is 21.6. The minimum absolute atomic E-state index is 0.105. The van der Waals surface area contributed by atoms with Gasteiger partial charge in [0.1, 0.15) is 19.3 Å². The zero-order valence-electron chi connectivity index (χ0n) is 60.6. The molecule has 0 aromatic carbocycles. The van der Waals surface area contributed by atoms with Crippen molar-refractivity contribution in [1.82, 2.24) is 0 Å². The summed E-state index contributed by atoms with van der Waals surface area (Å²) in [5.74, 6) is -0.566. The van der Waals surface area contributed by atoms with Gasteiger partial charge in [0.05, 0.1) is 26.4 Å². The molecule has 552 valence electrons. The van der Waals surface area contributed by atoms with Gasteiger partial charge in [0, 0.05) is 25.7 Å². The highest BCUT2D eigenvalue weighted by Gasteiger charge is 2.30. The normalized spacial score (nSPS) is 14.1. The summed E-state index contributed by atoms with van der Waals surface area (Å²) in [6.07, 6.45) is 52.9. The molecular weight excluding hydrogens is 1220 g/mol. The van der Waals surface area contributed by atoms with E-state index in [-0.39, 0.29) is 25.7 Å². The summed E-state index contributed by atoms with van der Waals surface area (Å²) < 4.78 is 68.3. The van der Waals surface area contributed by atoms with E-state index in [1.807, 2.05) is 0 Å². The van der Waals surface area contributed by atoms with Crippen molar-refractivity contribution in [3.05, 3.63) is 0 Å². The molecule has 0 aliphatic heterocycles. The number of hydrogen-bond donors (Lipinski definition) is 3. The van der Waals surface area contributed by atoms with Crippen LogP contribution in [0, 0.1) is 11.8 Å². The Hall–Kier alpha value is -1.94. The largest absolute Gasteiger partial charge is 0.472 e. The minimum Gasteiger partial charge on any atom is -0.462 e. The van der Waals surface area contributed by atoms with Crippen molar-refractivity contribution < 1.29 is 80.2 Å². The first-order chi connectivity index (χ1) is 44.9. The van der Waals surface area contributed by atoms with E-state index in [1.54, 1.807) is 0 Å².